The molecule has 116 valence electrons. The monoisotopic (exact) mass is 271 g/mol. The average Bonchev–Trinajstić information content (AvgIpc) is 2.43. The van der Waals surface area contributed by atoms with Gasteiger partial charge in [-0.05, 0) is 45.4 Å². The van der Waals surface area contributed by atoms with Gasteiger partial charge in [0.05, 0.1) is 12.2 Å². The lowest BCUT2D eigenvalue weighted by Crippen LogP contribution is -2.50. The van der Waals surface area contributed by atoms with Crippen molar-refractivity contribution >= 4 is 0 Å². The van der Waals surface area contributed by atoms with E-state index in [0.29, 0.717) is 12.2 Å². The van der Waals surface area contributed by atoms with Gasteiger partial charge in [0, 0.05) is 19.1 Å². The number of rotatable bonds is 1. The molecule has 0 unspecified atom stereocenters. The van der Waals surface area contributed by atoms with Crippen molar-refractivity contribution < 1.29 is 4.74 Å². The fraction of sp³-hybridized carbons (Fsp3) is 1.00. The Hall–Kier alpha value is -0.0800. The Kier molecular flexibility index (Phi) is 10.6. The summed E-state index contributed by atoms with van der Waals surface area (Å²) in [4.78, 5) is 2.67. The Morgan fingerprint density at radius 3 is 1.58 bits per heavy atom. The molecule has 0 radical (unpaired) electrons. The van der Waals surface area contributed by atoms with Crippen LogP contribution in [0.3, 0.4) is 0 Å². The summed E-state index contributed by atoms with van der Waals surface area (Å²) in [5.41, 5.74) is 0. The summed E-state index contributed by atoms with van der Waals surface area (Å²) >= 11 is 0. The maximum absolute atomic E-state index is 5.79. The van der Waals surface area contributed by atoms with Crippen LogP contribution in [-0.4, -0.2) is 36.2 Å². The summed E-state index contributed by atoms with van der Waals surface area (Å²) in [6, 6.07) is 0.843. The van der Waals surface area contributed by atoms with Crippen LogP contribution in [-0.2, 0) is 4.74 Å². The van der Waals surface area contributed by atoms with E-state index in [2.05, 4.69) is 25.7 Å². The van der Waals surface area contributed by atoms with E-state index in [-0.39, 0.29) is 0 Å². The SMILES string of the molecule is CC.CC.CC1CCC(N2C[C@@H](C)O[C@@H](C)C2)CC1. The molecule has 0 amide bonds. The van der Waals surface area contributed by atoms with E-state index < -0.39 is 0 Å². The molecular weight excluding hydrogens is 234 g/mol. The molecule has 1 saturated carbocycles. The Morgan fingerprint density at radius 2 is 1.16 bits per heavy atom. The molecule has 0 N–H and O–H groups in total. The molecule has 0 bridgehead atoms. The second kappa shape index (κ2) is 10.7. The third kappa shape index (κ3) is 6.76. The summed E-state index contributed by atoms with van der Waals surface area (Å²) in [6.45, 7) is 17.1. The molecule has 19 heavy (non-hydrogen) atoms. The van der Waals surface area contributed by atoms with E-state index in [4.69, 9.17) is 4.74 Å². The van der Waals surface area contributed by atoms with Crippen molar-refractivity contribution in [3.8, 4) is 0 Å². The fourth-order valence-corrected chi connectivity index (χ4v) is 3.12. The van der Waals surface area contributed by atoms with Crippen molar-refractivity contribution in [1.82, 2.24) is 4.90 Å². The van der Waals surface area contributed by atoms with Gasteiger partial charge in [0.15, 0.2) is 0 Å². The first-order valence-corrected chi connectivity index (χ1v) is 8.54. The zero-order valence-corrected chi connectivity index (χ0v) is 14.4. The Balaban J connectivity index is 0.000000741. The molecule has 1 aliphatic carbocycles. The largest absolute Gasteiger partial charge is 0.373 e. The lowest BCUT2D eigenvalue weighted by atomic mass is 9.86. The van der Waals surface area contributed by atoms with Gasteiger partial charge in [0.1, 0.15) is 0 Å². The topological polar surface area (TPSA) is 12.5 Å². The zero-order valence-electron chi connectivity index (χ0n) is 14.4. The van der Waals surface area contributed by atoms with E-state index in [1.165, 1.54) is 25.7 Å². The predicted octanol–water partition coefficient (Wildman–Crippen LogP) is 4.73. The molecule has 0 aromatic heterocycles. The van der Waals surface area contributed by atoms with Gasteiger partial charge in [-0.15, -0.1) is 0 Å². The van der Waals surface area contributed by atoms with Gasteiger partial charge >= 0.3 is 0 Å². The summed E-state index contributed by atoms with van der Waals surface area (Å²) in [5, 5.41) is 0. The molecule has 2 heteroatoms. The number of nitrogens with zero attached hydrogens (tertiary/aromatic N) is 1. The molecule has 0 aromatic rings. The maximum Gasteiger partial charge on any atom is 0.0678 e. The van der Waals surface area contributed by atoms with Crippen LogP contribution in [0.1, 0.15) is 74.1 Å². The second-order valence-electron chi connectivity index (χ2n) is 5.62. The highest BCUT2D eigenvalue weighted by molar-refractivity contribution is 4.83. The van der Waals surface area contributed by atoms with Crippen molar-refractivity contribution in [2.75, 3.05) is 13.1 Å². The van der Waals surface area contributed by atoms with E-state index in [1.54, 1.807) is 0 Å². The minimum atomic E-state index is 0.424. The third-order valence-corrected chi connectivity index (χ3v) is 3.95. The average molecular weight is 271 g/mol. The Labute approximate surface area is 121 Å². The summed E-state index contributed by atoms with van der Waals surface area (Å²) in [6.07, 6.45) is 6.50. The van der Waals surface area contributed by atoms with E-state index in [1.807, 2.05) is 27.7 Å². The van der Waals surface area contributed by atoms with Gasteiger partial charge in [-0.1, -0.05) is 34.6 Å². The van der Waals surface area contributed by atoms with Gasteiger partial charge in [-0.3, -0.25) is 4.90 Å². The van der Waals surface area contributed by atoms with Gasteiger partial charge in [0.25, 0.3) is 0 Å². The molecule has 1 saturated heterocycles. The number of ether oxygens (including phenoxy) is 1. The van der Waals surface area contributed by atoms with Crippen molar-refractivity contribution in [3.05, 3.63) is 0 Å². The normalized spacial score (nSPS) is 35.5. The summed E-state index contributed by atoms with van der Waals surface area (Å²) in [5.74, 6) is 0.956. The smallest absolute Gasteiger partial charge is 0.0678 e. The van der Waals surface area contributed by atoms with Crippen molar-refractivity contribution in [1.29, 1.82) is 0 Å². The van der Waals surface area contributed by atoms with Gasteiger partial charge in [0.2, 0.25) is 0 Å². The number of hydrogen-bond donors (Lipinski definition) is 0. The van der Waals surface area contributed by atoms with Crippen LogP contribution in [0.2, 0.25) is 0 Å². The van der Waals surface area contributed by atoms with Crippen LogP contribution < -0.4 is 0 Å². The second-order valence-corrected chi connectivity index (χ2v) is 5.62. The van der Waals surface area contributed by atoms with Crippen LogP contribution in [0, 0.1) is 5.92 Å². The first-order valence-electron chi connectivity index (χ1n) is 8.54. The van der Waals surface area contributed by atoms with Crippen molar-refractivity contribution in [3.63, 3.8) is 0 Å². The van der Waals surface area contributed by atoms with Crippen LogP contribution in [0.5, 0.6) is 0 Å². The molecule has 2 atom stereocenters. The molecular formula is C17H37NO. The van der Waals surface area contributed by atoms with Crippen LogP contribution in [0.15, 0.2) is 0 Å². The van der Waals surface area contributed by atoms with E-state index >= 15 is 0 Å². The molecule has 2 rings (SSSR count). The van der Waals surface area contributed by atoms with Gasteiger partial charge in [-0.25, -0.2) is 0 Å². The Morgan fingerprint density at radius 1 is 0.737 bits per heavy atom. The standard InChI is InChI=1S/C13H25NO.2C2H6/c1-10-4-6-13(7-5-10)14-8-11(2)15-12(3)9-14;2*1-2/h10-13H,4-9H2,1-3H3;2*1-2H3/t10?,11-,12+,13?;;. The fourth-order valence-electron chi connectivity index (χ4n) is 3.12. The number of hydrogen-bond acceptors (Lipinski definition) is 2. The van der Waals surface area contributed by atoms with Crippen molar-refractivity contribution in [2.24, 2.45) is 5.92 Å². The summed E-state index contributed by atoms with van der Waals surface area (Å²) in [7, 11) is 0. The minimum Gasteiger partial charge on any atom is -0.373 e. The first kappa shape index (κ1) is 18.9. The molecule has 2 aliphatic rings. The molecule has 2 nitrogen and oxygen atoms in total. The summed E-state index contributed by atoms with van der Waals surface area (Å²) < 4.78 is 5.79. The molecule has 1 aliphatic heterocycles. The zero-order chi connectivity index (χ0) is 14.8. The quantitative estimate of drug-likeness (QED) is 0.684. The minimum absolute atomic E-state index is 0.424. The highest BCUT2D eigenvalue weighted by Gasteiger charge is 2.29. The lowest BCUT2D eigenvalue weighted by Gasteiger charge is -2.42. The van der Waals surface area contributed by atoms with Gasteiger partial charge in [-0.2, -0.15) is 0 Å². The first-order chi connectivity index (χ1) is 9.15. The van der Waals surface area contributed by atoms with Crippen LogP contribution in [0.25, 0.3) is 0 Å². The van der Waals surface area contributed by atoms with Crippen molar-refractivity contribution in [2.45, 2.75) is 92.4 Å². The predicted molar refractivity (Wildman–Crippen MR) is 85.7 cm³/mol. The third-order valence-electron chi connectivity index (χ3n) is 3.95. The van der Waals surface area contributed by atoms with E-state index in [9.17, 15) is 0 Å². The molecule has 2 fully saturated rings. The Bertz CT molecular complexity index is 189. The van der Waals surface area contributed by atoms with E-state index in [0.717, 1.165) is 25.0 Å². The molecule has 0 aromatic carbocycles. The highest BCUT2D eigenvalue weighted by atomic mass is 16.5. The van der Waals surface area contributed by atoms with Crippen LogP contribution in [0.4, 0.5) is 0 Å². The van der Waals surface area contributed by atoms with Crippen LogP contribution >= 0.6 is 0 Å². The molecule has 1 heterocycles. The maximum atomic E-state index is 5.79. The van der Waals surface area contributed by atoms with Gasteiger partial charge < -0.3 is 4.74 Å². The highest BCUT2D eigenvalue weighted by Crippen LogP contribution is 2.28. The number of morpholine rings is 1. The molecule has 0 spiro atoms. The lowest BCUT2D eigenvalue weighted by molar-refractivity contribution is -0.0850.